The van der Waals surface area contributed by atoms with Gasteiger partial charge in [0.15, 0.2) is 0 Å². The molecule has 33 heavy (non-hydrogen) atoms. The predicted octanol–water partition coefficient (Wildman–Crippen LogP) is 3.60. The molecule has 2 aliphatic heterocycles. The van der Waals surface area contributed by atoms with Crippen molar-refractivity contribution in [2.75, 3.05) is 13.1 Å². The molecule has 5 rings (SSSR count). The molecule has 7 heteroatoms. The Morgan fingerprint density at radius 2 is 1.76 bits per heavy atom. The molecule has 2 fully saturated rings. The van der Waals surface area contributed by atoms with E-state index < -0.39 is 0 Å². The molecule has 0 spiro atoms. The largest absolute Gasteiger partial charge is 0.338 e. The van der Waals surface area contributed by atoms with Crippen molar-refractivity contribution in [3.8, 4) is 0 Å². The lowest BCUT2D eigenvalue weighted by Crippen LogP contribution is -2.42. The number of aromatic nitrogens is 2. The zero-order valence-corrected chi connectivity index (χ0v) is 19.1. The van der Waals surface area contributed by atoms with Crippen LogP contribution in [0, 0.1) is 5.92 Å². The summed E-state index contributed by atoms with van der Waals surface area (Å²) in [6.45, 7) is 1.59. The van der Waals surface area contributed by atoms with Gasteiger partial charge in [-0.05, 0) is 50.2 Å². The Bertz CT molecular complexity index is 1070. The molecular formula is C26H32N4O3. The van der Waals surface area contributed by atoms with Crippen molar-refractivity contribution in [1.82, 2.24) is 19.8 Å². The van der Waals surface area contributed by atoms with E-state index in [9.17, 15) is 14.4 Å². The number of rotatable bonds is 4. The minimum atomic E-state index is -0.230. The lowest BCUT2D eigenvalue weighted by atomic mass is 9.98. The Kier molecular flexibility index (Phi) is 6.29. The second-order valence-corrected chi connectivity index (χ2v) is 9.67. The van der Waals surface area contributed by atoms with Gasteiger partial charge in [-0.15, -0.1) is 0 Å². The lowest BCUT2D eigenvalue weighted by molar-refractivity contribution is -0.133. The Labute approximate surface area is 194 Å². The molecule has 1 atom stereocenters. The number of carbonyl (C=O) groups excluding carboxylic acids is 2. The van der Waals surface area contributed by atoms with Crippen molar-refractivity contribution >= 4 is 11.8 Å². The first-order chi connectivity index (χ1) is 16.1. The molecule has 1 aliphatic carbocycles. The summed E-state index contributed by atoms with van der Waals surface area (Å²) in [7, 11) is 0. The fraction of sp³-hybridized carbons (Fsp3) is 0.538. The number of benzene rings is 1. The van der Waals surface area contributed by atoms with Crippen molar-refractivity contribution in [1.29, 1.82) is 0 Å². The van der Waals surface area contributed by atoms with Crippen LogP contribution in [0.3, 0.4) is 0 Å². The van der Waals surface area contributed by atoms with Crippen molar-refractivity contribution in [3.05, 3.63) is 63.3 Å². The highest BCUT2D eigenvalue weighted by Gasteiger charge is 2.33. The van der Waals surface area contributed by atoms with E-state index in [-0.39, 0.29) is 23.4 Å². The molecule has 0 bridgehead atoms. The molecule has 1 aromatic carbocycles. The third-order valence-electron chi connectivity index (χ3n) is 7.48. The number of fused-ring (bicyclic) bond motifs is 1. The van der Waals surface area contributed by atoms with E-state index in [1.165, 1.54) is 12.8 Å². The third-order valence-corrected chi connectivity index (χ3v) is 7.48. The smallest absolute Gasteiger partial charge is 0.256 e. The van der Waals surface area contributed by atoms with Gasteiger partial charge in [-0.25, -0.2) is 4.98 Å². The average molecular weight is 449 g/mol. The topological polar surface area (TPSA) is 86.4 Å². The fourth-order valence-electron chi connectivity index (χ4n) is 5.61. The zero-order chi connectivity index (χ0) is 22.8. The Morgan fingerprint density at radius 3 is 2.55 bits per heavy atom. The van der Waals surface area contributed by atoms with E-state index in [0.29, 0.717) is 55.3 Å². The summed E-state index contributed by atoms with van der Waals surface area (Å²) in [5.41, 5.74) is 1.85. The Hall–Kier alpha value is -2.96. The van der Waals surface area contributed by atoms with Gasteiger partial charge in [0, 0.05) is 31.5 Å². The minimum absolute atomic E-state index is 0.0237. The summed E-state index contributed by atoms with van der Waals surface area (Å²) in [4.78, 5) is 50.5. The first-order valence-electron chi connectivity index (χ1n) is 12.4. The molecule has 0 unspecified atom stereocenters. The van der Waals surface area contributed by atoms with Gasteiger partial charge >= 0.3 is 0 Å². The summed E-state index contributed by atoms with van der Waals surface area (Å²) in [6.07, 6.45) is 8.63. The van der Waals surface area contributed by atoms with Crippen molar-refractivity contribution in [2.24, 2.45) is 5.92 Å². The highest BCUT2D eigenvalue weighted by molar-refractivity contribution is 5.94. The number of hydrogen-bond acceptors (Lipinski definition) is 4. The standard InChI is InChI=1S/C26H32N4O3/c31-23(16-18-8-4-5-9-18)29-15-13-21-20(17-29)25(32)28-24(27-21)22-12-6-7-14-30(22)26(33)19-10-2-1-3-11-19/h1-3,10-11,18,22H,4-9,12-17H2,(H,27,28,32)/t22-/m0/s1. The van der Waals surface area contributed by atoms with Crippen LogP contribution in [0.25, 0.3) is 0 Å². The van der Waals surface area contributed by atoms with Gasteiger partial charge in [0.05, 0.1) is 23.8 Å². The maximum Gasteiger partial charge on any atom is 0.256 e. The highest BCUT2D eigenvalue weighted by atomic mass is 16.2. The van der Waals surface area contributed by atoms with E-state index in [4.69, 9.17) is 4.98 Å². The van der Waals surface area contributed by atoms with Crippen LogP contribution in [0.5, 0.6) is 0 Å². The van der Waals surface area contributed by atoms with Crippen LogP contribution in [-0.2, 0) is 17.8 Å². The first kappa shape index (κ1) is 21.9. The average Bonchev–Trinajstić information content (AvgIpc) is 3.37. The number of carbonyl (C=O) groups is 2. The number of likely N-dealkylation sites (tertiary alicyclic amines) is 1. The van der Waals surface area contributed by atoms with Gasteiger partial charge in [0.1, 0.15) is 5.82 Å². The van der Waals surface area contributed by atoms with Gasteiger partial charge in [-0.1, -0.05) is 31.0 Å². The Morgan fingerprint density at radius 1 is 1.00 bits per heavy atom. The van der Waals surface area contributed by atoms with E-state index in [2.05, 4.69) is 4.98 Å². The fourth-order valence-corrected chi connectivity index (χ4v) is 5.61. The van der Waals surface area contributed by atoms with Crippen molar-refractivity contribution in [2.45, 2.75) is 70.4 Å². The van der Waals surface area contributed by atoms with Crippen LogP contribution in [0.1, 0.15) is 84.8 Å². The second kappa shape index (κ2) is 9.49. The number of H-pyrrole nitrogens is 1. The molecule has 1 saturated carbocycles. The molecule has 1 saturated heterocycles. The molecule has 174 valence electrons. The van der Waals surface area contributed by atoms with Crippen LogP contribution in [-0.4, -0.2) is 44.7 Å². The SMILES string of the molecule is O=C(CC1CCCC1)N1CCc2nc([C@@H]3CCCCN3C(=O)c3ccccc3)[nH]c(=O)c2C1. The van der Waals surface area contributed by atoms with Gasteiger partial charge in [-0.3, -0.25) is 14.4 Å². The number of amides is 2. The van der Waals surface area contributed by atoms with Crippen molar-refractivity contribution in [3.63, 3.8) is 0 Å². The van der Waals surface area contributed by atoms with Gasteiger partial charge < -0.3 is 14.8 Å². The van der Waals surface area contributed by atoms with Gasteiger partial charge in [-0.2, -0.15) is 0 Å². The number of aromatic amines is 1. The minimum Gasteiger partial charge on any atom is -0.338 e. The molecule has 1 aromatic heterocycles. The summed E-state index contributed by atoms with van der Waals surface area (Å²) in [5, 5.41) is 0. The summed E-state index contributed by atoms with van der Waals surface area (Å²) < 4.78 is 0. The molecule has 0 radical (unpaired) electrons. The highest BCUT2D eigenvalue weighted by Crippen LogP contribution is 2.31. The molecule has 1 N–H and O–H groups in total. The van der Waals surface area contributed by atoms with Gasteiger partial charge in [0.25, 0.3) is 11.5 Å². The zero-order valence-electron chi connectivity index (χ0n) is 19.1. The maximum absolute atomic E-state index is 13.2. The number of nitrogens with one attached hydrogen (secondary N) is 1. The quantitative estimate of drug-likeness (QED) is 0.774. The van der Waals surface area contributed by atoms with E-state index >= 15 is 0 Å². The van der Waals surface area contributed by atoms with Crippen LogP contribution in [0.15, 0.2) is 35.1 Å². The van der Waals surface area contributed by atoms with Crippen LogP contribution in [0.2, 0.25) is 0 Å². The lowest BCUT2D eigenvalue weighted by Gasteiger charge is -2.36. The summed E-state index contributed by atoms with van der Waals surface area (Å²) in [6, 6.07) is 9.05. The molecule has 3 aliphatic rings. The molecule has 3 heterocycles. The Balaban J connectivity index is 1.35. The van der Waals surface area contributed by atoms with Crippen LogP contribution < -0.4 is 5.56 Å². The molecule has 7 nitrogen and oxygen atoms in total. The third kappa shape index (κ3) is 4.59. The van der Waals surface area contributed by atoms with E-state index in [1.807, 2.05) is 40.1 Å². The monoisotopic (exact) mass is 448 g/mol. The van der Waals surface area contributed by atoms with E-state index in [0.717, 1.165) is 37.8 Å². The predicted molar refractivity (Wildman–Crippen MR) is 125 cm³/mol. The molecular weight excluding hydrogens is 416 g/mol. The number of nitrogens with zero attached hydrogens (tertiary/aromatic N) is 3. The number of hydrogen-bond donors (Lipinski definition) is 1. The second-order valence-electron chi connectivity index (χ2n) is 9.67. The van der Waals surface area contributed by atoms with Gasteiger partial charge in [0.2, 0.25) is 5.91 Å². The van der Waals surface area contributed by atoms with Crippen molar-refractivity contribution < 1.29 is 9.59 Å². The maximum atomic E-state index is 13.2. The molecule has 2 amide bonds. The molecule has 2 aromatic rings. The van der Waals surface area contributed by atoms with Crippen LogP contribution in [0.4, 0.5) is 0 Å². The summed E-state index contributed by atoms with van der Waals surface area (Å²) in [5.74, 6) is 1.21. The van der Waals surface area contributed by atoms with E-state index in [1.54, 1.807) is 0 Å². The first-order valence-corrected chi connectivity index (χ1v) is 12.4. The van der Waals surface area contributed by atoms with Crippen LogP contribution >= 0.6 is 0 Å². The summed E-state index contributed by atoms with van der Waals surface area (Å²) >= 11 is 0. The normalized spacial score (nSPS) is 21.2. The number of piperidine rings is 1.